The van der Waals surface area contributed by atoms with Crippen molar-refractivity contribution in [3.8, 4) is 5.75 Å². The van der Waals surface area contributed by atoms with E-state index in [1.807, 2.05) is 24.3 Å². The zero-order chi connectivity index (χ0) is 22.9. The van der Waals surface area contributed by atoms with Crippen molar-refractivity contribution in [1.82, 2.24) is 9.97 Å². The number of carboxylic acids is 1. The highest BCUT2D eigenvalue weighted by atomic mass is 16.5. The molecule has 178 valence electrons. The molecule has 1 saturated carbocycles. The molecule has 0 saturated heterocycles. The fourth-order valence-corrected chi connectivity index (χ4v) is 4.47. The Morgan fingerprint density at radius 2 is 1.85 bits per heavy atom. The zero-order valence-corrected chi connectivity index (χ0v) is 19.2. The Bertz CT molecular complexity index is 913. The van der Waals surface area contributed by atoms with Crippen molar-refractivity contribution in [2.75, 3.05) is 29.1 Å². The van der Waals surface area contributed by atoms with Crippen molar-refractivity contribution < 1.29 is 14.6 Å². The third-order valence-electron chi connectivity index (χ3n) is 6.28. The number of aromatic nitrogens is 2. The van der Waals surface area contributed by atoms with Crippen molar-refractivity contribution >= 4 is 29.2 Å². The molecule has 1 fully saturated rings. The van der Waals surface area contributed by atoms with Crippen LogP contribution in [0.15, 0.2) is 24.3 Å². The number of hydrogen-bond acceptors (Lipinski definition) is 7. The Hall–Kier alpha value is -3.03. The average Bonchev–Trinajstić information content (AvgIpc) is 3.29. The summed E-state index contributed by atoms with van der Waals surface area (Å²) in [6.45, 7) is 1.54. The smallest absolute Gasteiger partial charge is 0.303 e. The van der Waals surface area contributed by atoms with Gasteiger partial charge in [0, 0.05) is 30.3 Å². The average molecular weight is 454 g/mol. The molecule has 1 aliphatic carbocycles. The quantitative estimate of drug-likeness (QED) is 0.319. The number of ether oxygens (including phenoxy) is 1. The SMILES string of the molecule is O=C(O)CCCCCCOc1ccc(Nc2nc3c(c(NC4CCCCC4)n2)CCN3)cc1. The summed E-state index contributed by atoms with van der Waals surface area (Å²) in [6, 6.07) is 8.33. The van der Waals surface area contributed by atoms with Gasteiger partial charge in [-0.1, -0.05) is 32.1 Å². The molecule has 0 spiro atoms. The standard InChI is InChI=1S/C25H35N5O3/c31-22(32)10-6-1-2-7-17-33-20-13-11-19(12-14-20)28-25-29-23-21(15-16-26-23)24(30-25)27-18-8-4-3-5-9-18/h11-14,18H,1-10,15-17H2,(H,31,32)(H3,26,27,28,29,30). The predicted molar refractivity (Wildman–Crippen MR) is 131 cm³/mol. The molecular formula is C25H35N5O3. The lowest BCUT2D eigenvalue weighted by Crippen LogP contribution is -2.23. The Morgan fingerprint density at radius 3 is 2.64 bits per heavy atom. The number of hydrogen-bond donors (Lipinski definition) is 4. The number of fused-ring (bicyclic) bond motifs is 1. The Labute approximate surface area is 195 Å². The summed E-state index contributed by atoms with van der Waals surface area (Å²) in [5.74, 6) is 2.58. The number of benzene rings is 1. The first-order valence-electron chi connectivity index (χ1n) is 12.3. The summed E-state index contributed by atoms with van der Waals surface area (Å²) in [5, 5.41) is 19.1. The second-order valence-corrected chi connectivity index (χ2v) is 8.93. The lowest BCUT2D eigenvalue weighted by Gasteiger charge is -2.24. The number of unbranched alkanes of at least 4 members (excludes halogenated alkanes) is 3. The molecule has 1 aromatic heterocycles. The van der Waals surface area contributed by atoms with Gasteiger partial charge in [-0.25, -0.2) is 0 Å². The van der Waals surface area contributed by atoms with Gasteiger partial charge in [-0.15, -0.1) is 0 Å². The lowest BCUT2D eigenvalue weighted by molar-refractivity contribution is -0.137. The maximum absolute atomic E-state index is 10.5. The van der Waals surface area contributed by atoms with Gasteiger partial charge in [0.2, 0.25) is 5.95 Å². The molecule has 0 unspecified atom stereocenters. The van der Waals surface area contributed by atoms with E-state index in [0.717, 1.165) is 61.7 Å². The monoisotopic (exact) mass is 453 g/mol. The van der Waals surface area contributed by atoms with Gasteiger partial charge in [-0.05, 0) is 56.4 Å². The van der Waals surface area contributed by atoms with Crippen LogP contribution in [0.1, 0.15) is 69.8 Å². The maximum Gasteiger partial charge on any atom is 0.303 e. The molecule has 4 N–H and O–H groups in total. The molecular weight excluding hydrogens is 418 g/mol. The number of carbonyl (C=O) groups is 1. The largest absolute Gasteiger partial charge is 0.494 e. The second-order valence-electron chi connectivity index (χ2n) is 8.93. The van der Waals surface area contributed by atoms with E-state index in [9.17, 15) is 4.79 Å². The Morgan fingerprint density at radius 1 is 1.06 bits per heavy atom. The van der Waals surface area contributed by atoms with Gasteiger partial charge >= 0.3 is 5.97 Å². The second kappa shape index (κ2) is 11.7. The summed E-state index contributed by atoms with van der Waals surface area (Å²) in [5.41, 5.74) is 2.11. The molecule has 33 heavy (non-hydrogen) atoms. The minimum Gasteiger partial charge on any atom is -0.494 e. The van der Waals surface area contributed by atoms with E-state index in [2.05, 4.69) is 20.9 Å². The maximum atomic E-state index is 10.5. The minimum absolute atomic E-state index is 0.247. The van der Waals surface area contributed by atoms with Gasteiger partial charge in [0.1, 0.15) is 17.4 Å². The topological polar surface area (TPSA) is 108 Å². The normalized spacial score (nSPS) is 15.5. The summed E-state index contributed by atoms with van der Waals surface area (Å²) < 4.78 is 5.81. The van der Waals surface area contributed by atoms with Gasteiger partial charge < -0.3 is 25.8 Å². The molecule has 8 heteroatoms. The molecule has 4 rings (SSSR count). The molecule has 0 bridgehead atoms. The van der Waals surface area contributed by atoms with Crippen LogP contribution in [-0.4, -0.2) is 40.2 Å². The van der Waals surface area contributed by atoms with Crippen LogP contribution in [0.25, 0.3) is 0 Å². The van der Waals surface area contributed by atoms with Crippen molar-refractivity contribution in [2.45, 2.75) is 76.7 Å². The third kappa shape index (κ3) is 6.97. The summed E-state index contributed by atoms with van der Waals surface area (Å²) in [6.07, 6.45) is 11.1. The minimum atomic E-state index is -0.724. The fraction of sp³-hybridized carbons (Fsp3) is 0.560. The van der Waals surface area contributed by atoms with Crippen molar-refractivity contribution in [3.05, 3.63) is 29.8 Å². The van der Waals surface area contributed by atoms with E-state index in [1.54, 1.807) is 0 Å². The molecule has 0 atom stereocenters. The summed E-state index contributed by atoms with van der Waals surface area (Å²) in [7, 11) is 0. The first-order valence-corrected chi connectivity index (χ1v) is 12.3. The highest BCUT2D eigenvalue weighted by molar-refractivity contribution is 5.67. The molecule has 2 aliphatic rings. The van der Waals surface area contributed by atoms with Crippen LogP contribution in [-0.2, 0) is 11.2 Å². The van der Waals surface area contributed by atoms with Gasteiger partial charge in [-0.3, -0.25) is 4.79 Å². The van der Waals surface area contributed by atoms with Gasteiger partial charge in [0.25, 0.3) is 0 Å². The van der Waals surface area contributed by atoms with Gasteiger partial charge in [0.15, 0.2) is 0 Å². The highest BCUT2D eigenvalue weighted by Crippen LogP contribution is 2.31. The van der Waals surface area contributed by atoms with E-state index >= 15 is 0 Å². The van der Waals surface area contributed by atoms with Crippen LogP contribution in [0.2, 0.25) is 0 Å². The lowest BCUT2D eigenvalue weighted by atomic mass is 9.95. The molecule has 8 nitrogen and oxygen atoms in total. The molecule has 0 amide bonds. The molecule has 0 radical (unpaired) electrons. The van der Waals surface area contributed by atoms with Crippen molar-refractivity contribution in [3.63, 3.8) is 0 Å². The molecule has 1 aliphatic heterocycles. The van der Waals surface area contributed by atoms with Crippen LogP contribution in [0.3, 0.4) is 0 Å². The van der Waals surface area contributed by atoms with Crippen LogP contribution in [0, 0.1) is 0 Å². The summed E-state index contributed by atoms with van der Waals surface area (Å²) in [4.78, 5) is 20.0. The van der Waals surface area contributed by atoms with Crippen LogP contribution in [0.4, 0.5) is 23.3 Å². The number of aliphatic carboxylic acids is 1. The zero-order valence-electron chi connectivity index (χ0n) is 19.2. The predicted octanol–water partition coefficient (Wildman–Crippen LogP) is 5.35. The fourth-order valence-electron chi connectivity index (χ4n) is 4.47. The van der Waals surface area contributed by atoms with E-state index in [4.69, 9.17) is 14.8 Å². The first kappa shape index (κ1) is 23.1. The number of rotatable bonds is 12. The number of anilines is 4. The summed E-state index contributed by atoms with van der Waals surface area (Å²) >= 11 is 0. The van der Waals surface area contributed by atoms with E-state index in [0.29, 0.717) is 18.6 Å². The van der Waals surface area contributed by atoms with Crippen molar-refractivity contribution in [2.24, 2.45) is 0 Å². The number of nitrogens with zero attached hydrogens (tertiary/aromatic N) is 2. The van der Waals surface area contributed by atoms with E-state index < -0.39 is 5.97 Å². The van der Waals surface area contributed by atoms with Crippen LogP contribution < -0.4 is 20.7 Å². The first-order chi connectivity index (χ1) is 16.2. The number of carboxylic acid groups (broad SMARTS) is 1. The number of nitrogens with one attached hydrogen (secondary N) is 3. The van der Waals surface area contributed by atoms with Gasteiger partial charge in [0.05, 0.1) is 6.61 Å². The van der Waals surface area contributed by atoms with Gasteiger partial charge in [-0.2, -0.15) is 9.97 Å². The van der Waals surface area contributed by atoms with E-state index in [-0.39, 0.29) is 6.42 Å². The molecule has 2 aromatic rings. The van der Waals surface area contributed by atoms with Crippen LogP contribution in [0.5, 0.6) is 5.75 Å². The third-order valence-corrected chi connectivity index (χ3v) is 6.28. The Kier molecular flexibility index (Phi) is 8.22. The highest BCUT2D eigenvalue weighted by Gasteiger charge is 2.22. The Balaban J connectivity index is 1.28. The molecule has 2 heterocycles. The van der Waals surface area contributed by atoms with E-state index in [1.165, 1.54) is 37.7 Å². The van der Waals surface area contributed by atoms with Crippen LogP contribution >= 0.6 is 0 Å². The van der Waals surface area contributed by atoms with Crippen molar-refractivity contribution in [1.29, 1.82) is 0 Å². The molecule has 1 aromatic carbocycles.